The van der Waals surface area contributed by atoms with Gasteiger partial charge in [0.15, 0.2) is 5.78 Å². The number of ketones is 1. The number of aliphatic hydroxyl groups excluding tert-OH is 1. The van der Waals surface area contributed by atoms with Gasteiger partial charge in [0, 0.05) is 5.92 Å². The highest BCUT2D eigenvalue weighted by molar-refractivity contribution is 5.86. The normalized spacial score (nSPS) is 30.7. The lowest BCUT2D eigenvalue weighted by molar-refractivity contribution is -0.163. The average Bonchev–Trinajstić information content (AvgIpc) is 2.01. The number of carbonyl (C=O) groups is 2. The van der Waals surface area contributed by atoms with Gasteiger partial charge in [0.2, 0.25) is 0 Å². The molecule has 0 radical (unpaired) electrons. The van der Waals surface area contributed by atoms with Crippen LogP contribution in [0.25, 0.3) is 0 Å². The lowest BCUT2D eigenvalue weighted by Gasteiger charge is -2.48. The highest BCUT2D eigenvalue weighted by atomic mass is 16.4. The molecule has 4 heteroatoms. The molecule has 1 rings (SSSR count). The number of carboxylic acids is 1. The molecule has 0 aromatic carbocycles. The van der Waals surface area contributed by atoms with Gasteiger partial charge in [0.05, 0.1) is 5.92 Å². The molecule has 4 nitrogen and oxygen atoms in total. The van der Waals surface area contributed by atoms with Crippen molar-refractivity contribution in [1.82, 2.24) is 0 Å². The van der Waals surface area contributed by atoms with Crippen LogP contribution in [0.15, 0.2) is 0 Å². The summed E-state index contributed by atoms with van der Waals surface area (Å²) in [4.78, 5) is 21.8. The molecule has 2 N–H and O–H groups in total. The third kappa shape index (κ3) is 1.46. The van der Waals surface area contributed by atoms with Gasteiger partial charge in [-0.1, -0.05) is 13.8 Å². The molecule has 2 atom stereocenters. The minimum absolute atomic E-state index is 0.248. The molecule has 2 unspecified atom stereocenters. The van der Waals surface area contributed by atoms with E-state index in [0.29, 0.717) is 6.42 Å². The Kier molecular flexibility index (Phi) is 2.43. The van der Waals surface area contributed by atoms with Crippen molar-refractivity contribution in [3.8, 4) is 0 Å². The Balaban J connectivity index is 2.69. The molecule has 0 bridgehead atoms. The maximum absolute atomic E-state index is 11.1. The summed E-state index contributed by atoms with van der Waals surface area (Å²) in [7, 11) is 0. The van der Waals surface area contributed by atoms with Crippen LogP contribution in [0.3, 0.4) is 0 Å². The Morgan fingerprint density at radius 3 is 2.23 bits per heavy atom. The zero-order valence-corrected chi connectivity index (χ0v) is 7.78. The second-order valence-electron chi connectivity index (χ2n) is 4.12. The summed E-state index contributed by atoms with van der Waals surface area (Å²) in [6.07, 6.45) is 0.363. The molecule has 74 valence electrons. The van der Waals surface area contributed by atoms with E-state index >= 15 is 0 Å². The molecule has 1 aliphatic carbocycles. The largest absolute Gasteiger partial charge is 0.481 e. The summed E-state index contributed by atoms with van der Waals surface area (Å²) in [6.45, 7) is 3.03. The van der Waals surface area contributed by atoms with Gasteiger partial charge in [0.1, 0.15) is 6.61 Å². The number of hydrogen-bond donors (Lipinski definition) is 2. The van der Waals surface area contributed by atoms with E-state index in [1.165, 1.54) is 0 Å². The van der Waals surface area contributed by atoms with Crippen molar-refractivity contribution in [2.75, 3.05) is 6.61 Å². The first-order chi connectivity index (χ1) is 5.91. The fourth-order valence-electron chi connectivity index (χ4n) is 2.00. The van der Waals surface area contributed by atoms with Crippen LogP contribution < -0.4 is 0 Å². The zero-order valence-electron chi connectivity index (χ0n) is 7.78. The topological polar surface area (TPSA) is 74.6 Å². The van der Waals surface area contributed by atoms with E-state index in [-0.39, 0.29) is 11.7 Å². The smallest absolute Gasteiger partial charge is 0.307 e. The SMILES string of the molecule is CC1(C)C(C(=O)O)CC1C(=O)CO. The van der Waals surface area contributed by atoms with Gasteiger partial charge < -0.3 is 10.2 Å². The predicted molar refractivity (Wildman–Crippen MR) is 45.1 cm³/mol. The molecule has 1 fully saturated rings. The fraction of sp³-hybridized carbons (Fsp3) is 0.778. The molecule has 0 saturated heterocycles. The number of Topliss-reactive ketones (excluding diaryl/α,β-unsaturated/α-hetero) is 1. The van der Waals surface area contributed by atoms with E-state index in [4.69, 9.17) is 10.2 Å². The van der Waals surface area contributed by atoms with Crippen molar-refractivity contribution in [2.45, 2.75) is 20.3 Å². The molecule has 0 aliphatic heterocycles. The van der Waals surface area contributed by atoms with Crippen LogP contribution in [0.4, 0.5) is 0 Å². The van der Waals surface area contributed by atoms with Crippen LogP contribution in [0.2, 0.25) is 0 Å². The van der Waals surface area contributed by atoms with E-state index < -0.39 is 23.9 Å². The summed E-state index contributed by atoms with van der Waals surface area (Å²) in [5.41, 5.74) is -0.508. The first-order valence-corrected chi connectivity index (χ1v) is 4.27. The average molecular weight is 186 g/mol. The maximum atomic E-state index is 11.1. The molecule has 0 spiro atoms. The predicted octanol–water partition coefficient (Wildman–Crippen LogP) is 0.295. The van der Waals surface area contributed by atoms with E-state index in [2.05, 4.69) is 0 Å². The minimum Gasteiger partial charge on any atom is -0.481 e. The van der Waals surface area contributed by atoms with Crippen LogP contribution >= 0.6 is 0 Å². The molecular weight excluding hydrogens is 172 g/mol. The number of aliphatic carboxylic acids is 1. The lowest BCUT2D eigenvalue weighted by Crippen LogP contribution is -2.52. The van der Waals surface area contributed by atoms with Crippen molar-refractivity contribution in [3.05, 3.63) is 0 Å². The second-order valence-corrected chi connectivity index (χ2v) is 4.12. The summed E-state index contributed by atoms with van der Waals surface area (Å²) < 4.78 is 0. The lowest BCUT2D eigenvalue weighted by atomic mass is 9.53. The Bertz CT molecular complexity index is 244. The monoisotopic (exact) mass is 186 g/mol. The summed E-state index contributed by atoms with van der Waals surface area (Å²) in [6, 6.07) is 0. The Hall–Kier alpha value is -0.900. The van der Waals surface area contributed by atoms with E-state index in [1.54, 1.807) is 13.8 Å². The third-order valence-corrected chi connectivity index (χ3v) is 3.11. The first kappa shape index (κ1) is 10.2. The Morgan fingerprint density at radius 1 is 1.38 bits per heavy atom. The van der Waals surface area contributed by atoms with Gasteiger partial charge in [-0.25, -0.2) is 0 Å². The van der Waals surface area contributed by atoms with Crippen molar-refractivity contribution in [1.29, 1.82) is 0 Å². The van der Waals surface area contributed by atoms with E-state index in [0.717, 1.165) is 0 Å². The summed E-state index contributed by atoms with van der Waals surface area (Å²) in [5.74, 6) is -1.85. The molecule has 1 saturated carbocycles. The Labute approximate surface area is 76.6 Å². The molecule has 0 amide bonds. The van der Waals surface area contributed by atoms with Gasteiger partial charge in [-0.3, -0.25) is 9.59 Å². The van der Waals surface area contributed by atoms with Crippen LogP contribution in [-0.2, 0) is 9.59 Å². The van der Waals surface area contributed by atoms with Crippen molar-refractivity contribution in [3.63, 3.8) is 0 Å². The molecule has 13 heavy (non-hydrogen) atoms. The molecule has 1 aliphatic rings. The van der Waals surface area contributed by atoms with Gasteiger partial charge in [-0.15, -0.1) is 0 Å². The van der Waals surface area contributed by atoms with Gasteiger partial charge in [-0.05, 0) is 11.8 Å². The molecule has 0 aromatic rings. The number of rotatable bonds is 3. The maximum Gasteiger partial charge on any atom is 0.307 e. The minimum atomic E-state index is -0.855. The third-order valence-electron chi connectivity index (χ3n) is 3.11. The summed E-state index contributed by atoms with van der Waals surface area (Å²) >= 11 is 0. The standard InChI is InChI=1S/C9H14O4/c1-9(2)5(7(11)4-10)3-6(9)8(12)13/h5-6,10H,3-4H2,1-2H3,(H,12,13). The van der Waals surface area contributed by atoms with Crippen LogP contribution in [0, 0.1) is 17.3 Å². The van der Waals surface area contributed by atoms with Crippen LogP contribution in [-0.4, -0.2) is 28.6 Å². The number of carboxylic acid groups (broad SMARTS) is 1. The highest BCUT2D eigenvalue weighted by Gasteiger charge is 2.54. The number of carbonyl (C=O) groups excluding carboxylic acids is 1. The number of aliphatic hydroxyl groups is 1. The van der Waals surface area contributed by atoms with Crippen LogP contribution in [0.1, 0.15) is 20.3 Å². The van der Waals surface area contributed by atoms with Gasteiger partial charge >= 0.3 is 5.97 Å². The Morgan fingerprint density at radius 2 is 1.92 bits per heavy atom. The van der Waals surface area contributed by atoms with Gasteiger partial charge in [0.25, 0.3) is 0 Å². The molecule has 0 aromatic heterocycles. The summed E-state index contributed by atoms with van der Waals surface area (Å²) in [5, 5.41) is 17.4. The highest BCUT2D eigenvalue weighted by Crippen LogP contribution is 2.51. The molecular formula is C9H14O4. The quantitative estimate of drug-likeness (QED) is 0.664. The first-order valence-electron chi connectivity index (χ1n) is 4.27. The fourth-order valence-corrected chi connectivity index (χ4v) is 2.00. The van der Waals surface area contributed by atoms with Crippen molar-refractivity contribution >= 4 is 11.8 Å². The zero-order chi connectivity index (χ0) is 10.2. The van der Waals surface area contributed by atoms with E-state index in [9.17, 15) is 9.59 Å². The van der Waals surface area contributed by atoms with E-state index in [1.807, 2.05) is 0 Å². The number of hydrogen-bond acceptors (Lipinski definition) is 3. The second kappa shape index (κ2) is 3.10. The molecule has 0 heterocycles. The van der Waals surface area contributed by atoms with Crippen LogP contribution in [0.5, 0.6) is 0 Å². The van der Waals surface area contributed by atoms with Gasteiger partial charge in [-0.2, -0.15) is 0 Å². The van der Waals surface area contributed by atoms with Crippen molar-refractivity contribution in [2.24, 2.45) is 17.3 Å². The van der Waals surface area contributed by atoms with Crippen molar-refractivity contribution < 1.29 is 19.8 Å².